The molecule has 0 atom stereocenters. The van der Waals surface area contributed by atoms with Crippen molar-refractivity contribution in [2.45, 2.75) is 44.7 Å². The monoisotopic (exact) mass is 216 g/mol. The van der Waals surface area contributed by atoms with Gasteiger partial charge in [-0.15, -0.1) is 0 Å². The van der Waals surface area contributed by atoms with E-state index in [2.05, 4.69) is 48.3 Å². The largest absolute Gasteiger partial charge is 0.381 e. The lowest BCUT2D eigenvalue weighted by Gasteiger charge is -2.56. The molecule has 1 aliphatic carbocycles. The molecule has 2 heteroatoms. The van der Waals surface area contributed by atoms with Crippen molar-refractivity contribution in [2.75, 3.05) is 16.8 Å². The van der Waals surface area contributed by atoms with Gasteiger partial charge in [0.25, 0.3) is 0 Å². The van der Waals surface area contributed by atoms with Crippen molar-refractivity contribution >= 4 is 11.4 Å². The van der Waals surface area contributed by atoms with Gasteiger partial charge in [-0.3, -0.25) is 0 Å². The Morgan fingerprint density at radius 3 is 2.62 bits per heavy atom. The Balaban J connectivity index is 2.06. The molecular formula is C14H20N2. The maximum absolute atomic E-state index is 3.60. The van der Waals surface area contributed by atoms with E-state index < -0.39 is 0 Å². The van der Waals surface area contributed by atoms with E-state index in [4.69, 9.17) is 0 Å². The summed E-state index contributed by atoms with van der Waals surface area (Å²) in [7, 11) is 0. The van der Waals surface area contributed by atoms with Crippen molar-refractivity contribution in [2.24, 2.45) is 0 Å². The van der Waals surface area contributed by atoms with Gasteiger partial charge in [-0.25, -0.2) is 0 Å². The molecule has 1 aliphatic heterocycles. The second kappa shape index (κ2) is 3.41. The maximum atomic E-state index is 3.60. The molecule has 0 aromatic heterocycles. The van der Waals surface area contributed by atoms with E-state index in [1.807, 2.05) is 0 Å². The van der Waals surface area contributed by atoms with Crippen LogP contribution in [0.1, 0.15) is 33.1 Å². The Morgan fingerprint density at radius 2 is 2.00 bits per heavy atom. The summed E-state index contributed by atoms with van der Waals surface area (Å²) in [6, 6.07) is 9.29. The number of hydrogen-bond acceptors (Lipinski definition) is 2. The van der Waals surface area contributed by atoms with Gasteiger partial charge in [-0.05, 0) is 45.2 Å². The van der Waals surface area contributed by atoms with Crippen molar-refractivity contribution < 1.29 is 0 Å². The van der Waals surface area contributed by atoms with Crippen LogP contribution in [0.25, 0.3) is 0 Å². The number of nitrogens with zero attached hydrogens (tertiary/aromatic N) is 1. The van der Waals surface area contributed by atoms with Crippen molar-refractivity contribution in [3.8, 4) is 0 Å². The van der Waals surface area contributed by atoms with Crippen LogP contribution in [0.3, 0.4) is 0 Å². The third-order valence-electron chi connectivity index (χ3n) is 4.08. The molecule has 2 aliphatic rings. The highest BCUT2D eigenvalue weighted by Gasteiger charge is 2.46. The molecule has 1 N–H and O–H groups in total. The number of nitrogens with one attached hydrogen (secondary N) is 1. The average molecular weight is 216 g/mol. The first-order chi connectivity index (χ1) is 7.73. The predicted molar refractivity (Wildman–Crippen MR) is 69.1 cm³/mol. The van der Waals surface area contributed by atoms with Crippen LogP contribution in [0.15, 0.2) is 24.3 Å². The molecule has 0 amide bonds. The molecule has 0 radical (unpaired) electrons. The molecule has 0 bridgehead atoms. The predicted octanol–water partition coefficient (Wildman–Crippen LogP) is 3.25. The van der Waals surface area contributed by atoms with E-state index in [-0.39, 0.29) is 0 Å². The van der Waals surface area contributed by atoms with E-state index in [1.54, 1.807) is 0 Å². The quantitative estimate of drug-likeness (QED) is 0.775. The Bertz CT molecular complexity index is 393. The Labute approximate surface area is 97.6 Å². The fourth-order valence-electron chi connectivity index (χ4n) is 3.26. The second-order valence-corrected chi connectivity index (χ2v) is 5.41. The van der Waals surface area contributed by atoms with E-state index in [0.29, 0.717) is 11.6 Å². The van der Waals surface area contributed by atoms with Crippen LogP contribution in [-0.2, 0) is 0 Å². The van der Waals surface area contributed by atoms with Gasteiger partial charge < -0.3 is 10.2 Å². The van der Waals surface area contributed by atoms with Crippen LogP contribution in [0.4, 0.5) is 11.4 Å². The summed E-state index contributed by atoms with van der Waals surface area (Å²) in [5.41, 5.74) is 3.10. The Morgan fingerprint density at radius 1 is 1.25 bits per heavy atom. The summed E-state index contributed by atoms with van der Waals surface area (Å²) in [5.74, 6) is 0. The zero-order valence-corrected chi connectivity index (χ0v) is 10.2. The fourth-order valence-corrected chi connectivity index (χ4v) is 3.26. The molecule has 0 saturated heterocycles. The van der Waals surface area contributed by atoms with Gasteiger partial charge in [0.2, 0.25) is 0 Å². The highest BCUT2D eigenvalue weighted by Crippen LogP contribution is 2.46. The number of fused-ring (bicyclic) bond motifs is 1. The van der Waals surface area contributed by atoms with E-state index in [1.165, 1.54) is 30.6 Å². The van der Waals surface area contributed by atoms with E-state index in [0.717, 1.165) is 6.54 Å². The maximum Gasteiger partial charge on any atom is 0.0609 e. The minimum absolute atomic E-state index is 0.405. The topological polar surface area (TPSA) is 15.3 Å². The number of hydrogen-bond donors (Lipinski definition) is 1. The molecule has 0 unspecified atom stereocenters. The van der Waals surface area contributed by atoms with Gasteiger partial charge in [0, 0.05) is 12.6 Å². The third kappa shape index (κ3) is 1.25. The smallest absolute Gasteiger partial charge is 0.0609 e. The van der Waals surface area contributed by atoms with Gasteiger partial charge in [-0.2, -0.15) is 0 Å². The van der Waals surface area contributed by atoms with Gasteiger partial charge in [0.15, 0.2) is 0 Å². The fraction of sp³-hybridized carbons (Fsp3) is 0.571. The SMILES string of the molecule is CC(C)N1c2ccccc2NCC12CCC2. The van der Waals surface area contributed by atoms with Crippen LogP contribution >= 0.6 is 0 Å². The third-order valence-corrected chi connectivity index (χ3v) is 4.08. The molecule has 1 spiro atoms. The molecule has 1 saturated carbocycles. The highest BCUT2D eigenvalue weighted by atomic mass is 15.3. The van der Waals surface area contributed by atoms with Crippen molar-refractivity contribution in [3.63, 3.8) is 0 Å². The standard InChI is InChI=1S/C14H20N2/c1-11(2)16-13-7-4-3-6-12(13)15-10-14(16)8-5-9-14/h3-4,6-7,11,15H,5,8-10H2,1-2H3. The van der Waals surface area contributed by atoms with Gasteiger partial charge in [0.05, 0.1) is 16.9 Å². The highest BCUT2D eigenvalue weighted by molar-refractivity contribution is 5.74. The first-order valence-corrected chi connectivity index (χ1v) is 6.35. The molecule has 1 heterocycles. The van der Waals surface area contributed by atoms with E-state index in [9.17, 15) is 0 Å². The molecule has 16 heavy (non-hydrogen) atoms. The zero-order chi connectivity index (χ0) is 11.2. The number of anilines is 2. The summed E-state index contributed by atoms with van der Waals surface area (Å²) in [5, 5.41) is 3.60. The minimum Gasteiger partial charge on any atom is -0.381 e. The zero-order valence-electron chi connectivity index (χ0n) is 10.2. The minimum atomic E-state index is 0.405. The van der Waals surface area contributed by atoms with Gasteiger partial charge >= 0.3 is 0 Å². The van der Waals surface area contributed by atoms with Crippen LogP contribution < -0.4 is 10.2 Å². The van der Waals surface area contributed by atoms with Crippen LogP contribution in [0, 0.1) is 0 Å². The van der Waals surface area contributed by atoms with Crippen LogP contribution in [-0.4, -0.2) is 18.1 Å². The summed E-state index contributed by atoms with van der Waals surface area (Å²) in [6.07, 6.45) is 4.06. The Hall–Kier alpha value is -1.18. The summed E-state index contributed by atoms with van der Waals surface area (Å²) in [4.78, 5) is 2.64. The summed E-state index contributed by atoms with van der Waals surface area (Å²) >= 11 is 0. The first-order valence-electron chi connectivity index (χ1n) is 6.35. The van der Waals surface area contributed by atoms with E-state index >= 15 is 0 Å². The molecule has 1 aromatic rings. The number of rotatable bonds is 1. The summed E-state index contributed by atoms with van der Waals surface area (Å²) in [6.45, 7) is 5.73. The second-order valence-electron chi connectivity index (χ2n) is 5.41. The molecule has 1 aromatic carbocycles. The molecule has 86 valence electrons. The van der Waals surface area contributed by atoms with Crippen LogP contribution in [0.5, 0.6) is 0 Å². The Kier molecular flexibility index (Phi) is 2.13. The molecular weight excluding hydrogens is 196 g/mol. The number of para-hydroxylation sites is 2. The van der Waals surface area contributed by atoms with Crippen molar-refractivity contribution in [1.29, 1.82) is 0 Å². The lowest BCUT2D eigenvalue weighted by Crippen LogP contribution is -2.62. The average Bonchev–Trinajstić information content (AvgIpc) is 2.25. The lowest BCUT2D eigenvalue weighted by atomic mass is 9.73. The van der Waals surface area contributed by atoms with Crippen molar-refractivity contribution in [3.05, 3.63) is 24.3 Å². The molecule has 2 nitrogen and oxygen atoms in total. The number of benzene rings is 1. The molecule has 3 rings (SSSR count). The van der Waals surface area contributed by atoms with Gasteiger partial charge in [-0.1, -0.05) is 12.1 Å². The van der Waals surface area contributed by atoms with Gasteiger partial charge in [0.1, 0.15) is 0 Å². The lowest BCUT2D eigenvalue weighted by molar-refractivity contribution is 0.226. The normalized spacial score (nSPS) is 21.6. The molecule has 1 fully saturated rings. The first kappa shape index (κ1) is 10.0. The van der Waals surface area contributed by atoms with Crippen molar-refractivity contribution in [1.82, 2.24) is 0 Å². The summed E-state index contributed by atoms with van der Waals surface area (Å²) < 4.78 is 0. The van der Waals surface area contributed by atoms with Crippen LogP contribution in [0.2, 0.25) is 0 Å².